The topological polar surface area (TPSA) is 49.8 Å². The van der Waals surface area contributed by atoms with Gasteiger partial charge in [0.25, 0.3) is 0 Å². The maximum Gasteiger partial charge on any atom is 0.229 e. The summed E-state index contributed by atoms with van der Waals surface area (Å²) in [6.45, 7) is 0. The van der Waals surface area contributed by atoms with Gasteiger partial charge in [0, 0.05) is 16.2 Å². The highest BCUT2D eigenvalue weighted by molar-refractivity contribution is 9.10. The van der Waals surface area contributed by atoms with Gasteiger partial charge in [0.15, 0.2) is 5.82 Å². The molecule has 0 atom stereocenters. The van der Waals surface area contributed by atoms with Gasteiger partial charge in [-0.3, -0.25) is 0 Å². The van der Waals surface area contributed by atoms with Crippen molar-refractivity contribution in [3.63, 3.8) is 0 Å². The Morgan fingerprint density at radius 3 is 2.70 bits per heavy atom. The van der Waals surface area contributed by atoms with Crippen molar-refractivity contribution >= 4 is 56.6 Å². The van der Waals surface area contributed by atoms with Gasteiger partial charge in [-0.15, -0.1) is 0 Å². The monoisotopic (exact) mass is 372 g/mol. The molecule has 2 aromatic rings. The molecule has 4 nitrogen and oxygen atoms in total. The van der Waals surface area contributed by atoms with Crippen LogP contribution in [0, 0.1) is 0 Å². The van der Waals surface area contributed by atoms with Crippen molar-refractivity contribution in [2.45, 2.75) is 18.9 Å². The van der Waals surface area contributed by atoms with E-state index in [1.54, 1.807) is 12.3 Å². The lowest BCUT2D eigenvalue weighted by atomic mass is 10.3. The fourth-order valence-electron chi connectivity index (χ4n) is 1.65. The van der Waals surface area contributed by atoms with Gasteiger partial charge in [-0.2, -0.15) is 4.98 Å². The van der Waals surface area contributed by atoms with Crippen molar-refractivity contribution in [3.8, 4) is 0 Å². The molecule has 1 saturated carbocycles. The normalized spacial score (nSPS) is 14.2. The number of hydrogen-bond donors (Lipinski definition) is 2. The van der Waals surface area contributed by atoms with E-state index in [0.29, 0.717) is 27.9 Å². The largest absolute Gasteiger partial charge is 0.366 e. The number of anilines is 3. The molecule has 1 fully saturated rings. The van der Waals surface area contributed by atoms with Crippen molar-refractivity contribution in [3.05, 3.63) is 38.9 Å². The fourth-order valence-corrected chi connectivity index (χ4v) is 2.29. The third-order valence-corrected chi connectivity index (χ3v) is 4.33. The van der Waals surface area contributed by atoms with Crippen molar-refractivity contribution in [2.24, 2.45) is 0 Å². The van der Waals surface area contributed by atoms with E-state index in [0.717, 1.165) is 23.0 Å². The van der Waals surface area contributed by atoms with E-state index in [9.17, 15) is 0 Å². The first-order valence-corrected chi connectivity index (χ1v) is 7.68. The summed E-state index contributed by atoms with van der Waals surface area (Å²) >= 11 is 15.4. The molecular weight excluding hydrogens is 363 g/mol. The van der Waals surface area contributed by atoms with Gasteiger partial charge in [0.2, 0.25) is 5.95 Å². The smallest absolute Gasteiger partial charge is 0.229 e. The molecule has 1 aromatic heterocycles. The first-order valence-electron chi connectivity index (χ1n) is 6.13. The van der Waals surface area contributed by atoms with E-state index in [2.05, 4.69) is 36.5 Å². The Bertz CT molecular complexity index is 646. The summed E-state index contributed by atoms with van der Waals surface area (Å²) in [5, 5.41) is 7.58. The minimum atomic E-state index is 0.486. The molecule has 1 aromatic carbocycles. The zero-order valence-electron chi connectivity index (χ0n) is 10.3. The summed E-state index contributed by atoms with van der Waals surface area (Å²) in [6, 6.07) is 6.01. The molecule has 3 rings (SSSR count). The van der Waals surface area contributed by atoms with Crippen molar-refractivity contribution in [2.75, 3.05) is 10.6 Å². The number of nitrogens with one attached hydrogen (secondary N) is 2. The molecule has 0 bridgehead atoms. The van der Waals surface area contributed by atoms with E-state index in [-0.39, 0.29) is 0 Å². The number of halogens is 3. The maximum absolute atomic E-state index is 6.08. The molecule has 1 aliphatic rings. The molecule has 104 valence electrons. The number of hydrogen-bond acceptors (Lipinski definition) is 4. The predicted molar refractivity (Wildman–Crippen MR) is 86.1 cm³/mol. The Kier molecular flexibility index (Phi) is 4.01. The van der Waals surface area contributed by atoms with Crippen LogP contribution >= 0.6 is 39.1 Å². The molecule has 0 unspecified atom stereocenters. The summed E-state index contributed by atoms with van der Waals surface area (Å²) in [4.78, 5) is 8.56. The van der Waals surface area contributed by atoms with Gasteiger partial charge in [0.05, 0.1) is 11.2 Å². The van der Waals surface area contributed by atoms with Crippen LogP contribution in [-0.2, 0) is 0 Å². The van der Waals surface area contributed by atoms with E-state index < -0.39 is 0 Å². The maximum atomic E-state index is 6.08. The average molecular weight is 374 g/mol. The molecule has 0 spiro atoms. The van der Waals surface area contributed by atoms with Crippen LogP contribution in [0.3, 0.4) is 0 Å². The molecule has 0 radical (unpaired) electrons. The van der Waals surface area contributed by atoms with Crippen LogP contribution in [0.15, 0.2) is 28.9 Å². The van der Waals surface area contributed by atoms with Crippen LogP contribution in [0.5, 0.6) is 0 Å². The van der Waals surface area contributed by atoms with E-state index >= 15 is 0 Å². The summed E-state index contributed by atoms with van der Waals surface area (Å²) in [6.07, 6.45) is 3.91. The SMILES string of the molecule is Clc1ccc(Nc2ncc(Cl)c(NC3CC3)n2)cc1Br. The summed E-state index contributed by atoms with van der Waals surface area (Å²) in [7, 11) is 0. The van der Waals surface area contributed by atoms with Gasteiger partial charge >= 0.3 is 0 Å². The standard InChI is InChI=1S/C13H11BrCl2N4/c14-9-5-8(3-4-10(9)15)19-13-17-6-11(16)12(20-13)18-7-1-2-7/h3-7H,1-2H2,(H2,17,18,19,20). The summed E-state index contributed by atoms with van der Waals surface area (Å²) < 4.78 is 0.814. The summed E-state index contributed by atoms with van der Waals surface area (Å²) in [5.41, 5.74) is 0.848. The lowest BCUT2D eigenvalue weighted by molar-refractivity contribution is 1.08. The first kappa shape index (κ1) is 13.9. The average Bonchev–Trinajstić information content (AvgIpc) is 3.22. The van der Waals surface area contributed by atoms with Crippen molar-refractivity contribution in [1.29, 1.82) is 0 Å². The van der Waals surface area contributed by atoms with Crippen LogP contribution in [0.4, 0.5) is 17.5 Å². The Morgan fingerprint density at radius 1 is 1.20 bits per heavy atom. The lowest BCUT2D eigenvalue weighted by Crippen LogP contribution is -2.06. The Labute approximate surface area is 135 Å². The molecular formula is C13H11BrCl2N4. The Balaban J connectivity index is 1.80. The third-order valence-electron chi connectivity index (χ3n) is 2.84. The molecule has 7 heteroatoms. The molecule has 0 saturated heterocycles. The second kappa shape index (κ2) is 5.76. The molecule has 20 heavy (non-hydrogen) atoms. The highest BCUT2D eigenvalue weighted by atomic mass is 79.9. The van der Waals surface area contributed by atoms with E-state index in [4.69, 9.17) is 23.2 Å². The minimum Gasteiger partial charge on any atom is -0.366 e. The second-order valence-corrected chi connectivity index (χ2v) is 6.23. The van der Waals surface area contributed by atoms with Crippen molar-refractivity contribution < 1.29 is 0 Å². The van der Waals surface area contributed by atoms with Crippen LogP contribution in [0.2, 0.25) is 10.0 Å². The Morgan fingerprint density at radius 2 is 2.00 bits per heavy atom. The van der Waals surface area contributed by atoms with Gasteiger partial charge in [-0.25, -0.2) is 4.98 Å². The highest BCUT2D eigenvalue weighted by Crippen LogP contribution is 2.30. The van der Waals surface area contributed by atoms with Gasteiger partial charge in [0.1, 0.15) is 5.02 Å². The lowest BCUT2D eigenvalue weighted by Gasteiger charge is -2.09. The minimum absolute atomic E-state index is 0.486. The molecule has 0 amide bonds. The van der Waals surface area contributed by atoms with Crippen LogP contribution < -0.4 is 10.6 Å². The van der Waals surface area contributed by atoms with Gasteiger partial charge in [-0.05, 0) is 47.0 Å². The molecule has 1 aliphatic carbocycles. The first-order chi connectivity index (χ1) is 9.61. The molecule has 1 heterocycles. The number of rotatable bonds is 4. The highest BCUT2D eigenvalue weighted by Gasteiger charge is 2.22. The van der Waals surface area contributed by atoms with E-state index in [1.807, 2.05) is 12.1 Å². The Hall–Kier alpha value is -1.04. The summed E-state index contributed by atoms with van der Waals surface area (Å²) in [5.74, 6) is 1.16. The zero-order valence-corrected chi connectivity index (χ0v) is 13.4. The molecule has 0 aliphatic heterocycles. The number of benzene rings is 1. The van der Waals surface area contributed by atoms with E-state index in [1.165, 1.54) is 0 Å². The van der Waals surface area contributed by atoms with Crippen LogP contribution in [0.1, 0.15) is 12.8 Å². The second-order valence-electron chi connectivity index (χ2n) is 4.56. The predicted octanol–water partition coefficient (Wildman–Crippen LogP) is 4.86. The van der Waals surface area contributed by atoms with Crippen LogP contribution in [-0.4, -0.2) is 16.0 Å². The third kappa shape index (κ3) is 3.34. The quantitative estimate of drug-likeness (QED) is 0.803. The number of nitrogens with zero attached hydrogens (tertiary/aromatic N) is 2. The fraction of sp³-hybridized carbons (Fsp3) is 0.231. The zero-order chi connectivity index (χ0) is 14.1. The van der Waals surface area contributed by atoms with Gasteiger partial charge in [-0.1, -0.05) is 23.2 Å². The molecule has 2 N–H and O–H groups in total. The van der Waals surface area contributed by atoms with Crippen molar-refractivity contribution in [1.82, 2.24) is 9.97 Å². The van der Waals surface area contributed by atoms with Gasteiger partial charge < -0.3 is 10.6 Å². The van der Waals surface area contributed by atoms with Crippen LogP contribution in [0.25, 0.3) is 0 Å². The number of aromatic nitrogens is 2.